The zero-order chi connectivity index (χ0) is 23.6. The highest BCUT2D eigenvalue weighted by atomic mass is 32.2. The Balaban J connectivity index is 1.63. The molecule has 3 aromatic rings. The molecule has 1 amide bonds. The van der Waals surface area contributed by atoms with Gasteiger partial charge in [-0.2, -0.15) is 4.31 Å². The van der Waals surface area contributed by atoms with Gasteiger partial charge in [0.2, 0.25) is 15.9 Å². The quantitative estimate of drug-likeness (QED) is 0.503. The van der Waals surface area contributed by atoms with E-state index in [-0.39, 0.29) is 29.9 Å². The first-order valence-electron chi connectivity index (χ1n) is 10.9. The van der Waals surface area contributed by atoms with Gasteiger partial charge >= 0.3 is 0 Å². The number of aryl methyl sites for hydroxylation is 1. The van der Waals surface area contributed by atoms with Gasteiger partial charge in [0, 0.05) is 18.0 Å². The fraction of sp³-hybridized carbons (Fsp3) is 0.320. The summed E-state index contributed by atoms with van der Waals surface area (Å²) >= 11 is 1.71. The third-order valence-corrected chi connectivity index (χ3v) is 9.06. The van der Waals surface area contributed by atoms with Crippen LogP contribution in [0.25, 0.3) is 0 Å². The summed E-state index contributed by atoms with van der Waals surface area (Å²) in [4.78, 5) is 16.8. The van der Waals surface area contributed by atoms with Crippen molar-refractivity contribution in [3.63, 3.8) is 0 Å². The molecule has 1 unspecified atom stereocenters. The zero-order valence-corrected chi connectivity index (χ0v) is 20.7. The number of ether oxygens (including phenoxy) is 1. The molecular weight excluding hydrogens is 456 g/mol. The smallest absolute Gasteiger partial charge is 0.243 e. The maximum Gasteiger partial charge on any atom is 0.243 e. The number of likely N-dealkylation sites (N-methyl/N-ethyl adjacent to an activating group) is 1. The van der Waals surface area contributed by atoms with Crippen LogP contribution in [-0.2, 0) is 21.2 Å². The van der Waals surface area contributed by atoms with E-state index in [4.69, 9.17) is 4.74 Å². The van der Waals surface area contributed by atoms with E-state index in [2.05, 4.69) is 17.5 Å². The number of hydrogen-bond donors (Lipinski definition) is 0. The maximum absolute atomic E-state index is 13.6. The van der Waals surface area contributed by atoms with E-state index in [1.807, 2.05) is 30.0 Å². The first kappa shape index (κ1) is 23.5. The Morgan fingerprint density at radius 2 is 1.85 bits per heavy atom. The number of methoxy groups -OCH3 is 1. The molecule has 0 bridgehead atoms. The van der Waals surface area contributed by atoms with Crippen LogP contribution in [0.15, 0.2) is 64.9 Å². The Morgan fingerprint density at radius 3 is 2.52 bits per heavy atom. The van der Waals surface area contributed by atoms with Crippen molar-refractivity contribution in [2.75, 3.05) is 26.7 Å². The molecule has 8 heteroatoms. The van der Waals surface area contributed by atoms with Crippen LogP contribution in [0.4, 0.5) is 0 Å². The van der Waals surface area contributed by atoms with Crippen molar-refractivity contribution in [2.24, 2.45) is 0 Å². The summed E-state index contributed by atoms with van der Waals surface area (Å²) in [5.74, 6) is 0.382. The van der Waals surface area contributed by atoms with Crippen LogP contribution < -0.4 is 4.74 Å². The van der Waals surface area contributed by atoms with Gasteiger partial charge in [0.1, 0.15) is 5.75 Å². The molecule has 0 saturated carbocycles. The summed E-state index contributed by atoms with van der Waals surface area (Å²) in [5, 5.41) is 2.07. The number of sulfonamides is 1. The molecule has 4 rings (SSSR count). The minimum atomic E-state index is -3.82. The number of carbonyl (C=O) groups is 1. The van der Waals surface area contributed by atoms with Crippen molar-refractivity contribution >= 4 is 27.3 Å². The lowest BCUT2D eigenvalue weighted by molar-refractivity contribution is -0.133. The lowest BCUT2D eigenvalue weighted by atomic mass is 9.90. The van der Waals surface area contributed by atoms with E-state index in [1.54, 1.807) is 30.4 Å². The molecule has 2 heterocycles. The standard InChI is InChI=1S/C25H28N2O4S2/c1-4-26(33(29,30)20-11-9-19(31-3)10-12-20)17-24(28)27-15-13-23-22(14-16-32-23)25(27)21-8-6-5-7-18(21)2/h5-12,14,16,25H,4,13,15,17H2,1-3H3. The monoisotopic (exact) mass is 484 g/mol. The highest BCUT2D eigenvalue weighted by molar-refractivity contribution is 7.89. The van der Waals surface area contributed by atoms with Crippen LogP contribution in [0, 0.1) is 6.92 Å². The van der Waals surface area contributed by atoms with Crippen LogP contribution in [0.1, 0.15) is 34.5 Å². The first-order valence-corrected chi connectivity index (χ1v) is 13.2. The van der Waals surface area contributed by atoms with Gasteiger partial charge in [-0.05, 0) is 65.7 Å². The molecule has 0 aliphatic carbocycles. The van der Waals surface area contributed by atoms with E-state index >= 15 is 0 Å². The van der Waals surface area contributed by atoms with Crippen molar-refractivity contribution < 1.29 is 17.9 Å². The van der Waals surface area contributed by atoms with Crippen LogP contribution >= 0.6 is 11.3 Å². The van der Waals surface area contributed by atoms with E-state index in [9.17, 15) is 13.2 Å². The summed E-state index contributed by atoms with van der Waals surface area (Å²) in [6, 6.07) is 16.2. The third-order valence-electron chi connectivity index (χ3n) is 6.13. The summed E-state index contributed by atoms with van der Waals surface area (Å²) < 4.78 is 32.9. The number of carbonyl (C=O) groups excluding carboxylic acids is 1. The molecule has 2 aromatic carbocycles. The van der Waals surface area contributed by atoms with Crippen LogP contribution in [-0.4, -0.2) is 50.3 Å². The van der Waals surface area contributed by atoms with Gasteiger partial charge in [0.25, 0.3) is 0 Å². The minimum absolute atomic E-state index is 0.146. The van der Waals surface area contributed by atoms with Gasteiger partial charge in [0.15, 0.2) is 0 Å². The van der Waals surface area contributed by atoms with Crippen molar-refractivity contribution in [1.29, 1.82) is 0 Å². The lowest BCUT2D eigenvalue weighted by Crippen LogP contribution is -2.46. The molecular formula is C25H28N2O4S2. The van der Waals surface area contributed by atoms with Crippen LogP contribution in [0.2, 0.25) is 0 Å². The van der Waals surface area contributed by atoms with Crippen molar-refractivity contribution in [2.45, 2.75) is 31.2 Å². The second-order valence-electron chi connectivity index (χ2n) is 8.00. The van der Waals surface area contributed by atoms with Gasteiger partial charge in [-0.1, -0.05) is 31.2 Å². The van der Waals surface area contributed by atoms with Crippen molar-refractivity contribution in [3.8, 4) is 5.75 Å². The average Bonchev–Trinajstić information content (AvgIpc) is 3.31. The zero-order valence-electron chi connectivity index (χ0n) is 19.0. The Hall–Kier alpha value is -2.68. The van der Waals surface area contributed by atoms with Gasteiger partial charge in [-0.15, -0.1) is 11.3 Å². The number of benzene rings is 2. The van der Waals surface area contributed by atoms with Crippen LogP contribution in [0.5, 0.6) is 5.75 Å². The van der Waals surface area contributed by atoms with E-state index < -0.39 is 10.0 Å². The average molecular weight is 485 g/mol. The predicted octanol–water partition coefficient (Wildman–Crippen LogP) is 4.25. The summed E-state index contributed by atoms with van der Waals surface area (Å²) in [5.41, 5.74) is 3.32. The molecule has 174 valence electrons. The number of thiophene rings is 1. The summed E-state index contributed by atoms with van der Waals surface area (Å²) in [7, 11) is -2.29. The van der Waals surface area contributed by atoms with E-state index in [0.717, 1.165) is 23.1 Å². The van der Waals surface area contributed by atoms with Gasteiger partial charge < -0.3 is 9.64 Å². The Morgan fingerprint density at radius 1 is 1.12 bits per heavy atom. The molecule has 0 saturated heterocycles. The molecule has 33 heavy (non-hydrogen) atoms. The molecule has 1 aliphatic rings. The molecule has 0 radical (unpaired) electrons. The Kier molecular flexibility index (Phi) is 6.88. The largest absolute Gasteiger partial charge is 0.497 e. The molecule has 0 N–H and O–H groups in total. The number of rotatable bonds is 7. The fourth-order valence-corrected chi connectivity index (χ4v) is 6.62. The maximum atomic E-state index is 13.6. The Labute approximate surface area is 199 Å². The highest BCUT2D eigenvalue weighted by Gasteiger charge is 2.35. The number of hydrogen-bond acceptors (Lipinski definition) is 5. The highest BCUT2D eigenvalue weighted by Crippen LogP contribution is 2.39. The number of amides is 1. The molecule has 1 aliphatic heterocycles. The molecule has 1 aromatic heterocycles. The lowest BCUT2D eigenvalue weighted by Gasteiger charge is -2.38. The normalized spacial score (nSPS) is 16.0. The third kappa shape index (κ3) is 4.55. The predicted molar refractivity (Wildman–Crippen MR) is 130 cm³/mol. The molecule has 6 nitrogen and oxygen atoms in total. The number of nitrogens with zero attached hydrogens (tertiary/aromatic N) is 2. The second-order valence-corrected chi connectivity index (χ2v) is 10.9. The molecule has 0 fully saturated rings. The summed E-state index contributed by atoms with van der Waals surface area (Å²) in [6.07, 6.45) is 0.776. The van der Waals surface area contributed by atoms with E-state index in [0.29, 0.717) is 12.3 Å². The van der Waals surface area contributed by atoms with Crippen molar-refractivity contribution in [1.82, 2.24) is 9.21 Å². The second kappa shape index (κ2) is 9.67. The fourth-order valence-electron chi connectivity index (χ4n) is 4.32. The topological polar surface area (TPSA) is 66.9 Å². The Bertz CT molecular complexity index is 1240. The van der Waals surface area contributed by atoms with Gasteiger partial charge in [-0.25, -0.2) is 8.42 Å². The molecule has 1 atom stereocenters. The number of fused-ring (bicyclic) bond motifs is 1. The first-order chi connectivity index (χ1) is 15.9. The van der Waals surface area contributed by atoms with E-state index in [1.165, 1.54) is 28.4 Å². The van der Waals surface area contributed by atoms with Gasteiger partial charge in [0.05, 0.1) is 24.6 Å². The van der Waals surface area contributed by atoms with Crippen LogP contribution in [0.3, 0.4) is 0 Å². The SMILES string of the molecule is CCN(CC(=O)N1CCc2sccc2C1c1ccccc1C)S(=O)(=O)c1ccc(OC)cc1. The minimum Gasteiger partial charge on any atom is -0.497 e. The molecule has 0 spiro atoms. The summed E-state index contributed by atoms with van der Waals surface area (Å²) in [6.45, 7) is 4.36. The van der Waals surface area contributed by atoms with Crippen molar-refractivity contribution in [3.05, 3.63) is 81.5 Å². The van der Waals surface area contributed by atoms with Gasteiger partial charge in [-0.3, -0.25) is 4.79 Å².